The van der Waals surface area contributed by atoms with Crippen LogP contribution in [0.5, 0.6) is 11.6 Å². The summed E-state index contributed by atoms with van der Waals surface area (Å²) in [5, 5.41) is 5.51. The van der Waals surface area contributed by atoms with Crippen molar-refractivity contribution in [2.75, 3.05) is 38.8 Å². The number of methoxy groups -OCH3 is 2. The van der Waals surface area contributed by atoms with Crippen molar-refractivity contribution < 1.29 is 14.2 Å². The molecule has 1 aliphatic heterocycles. The fraction of sp³-hybridized carbons (Fsp3) is 0.480. The number of fused-ring (bicyclic) bond motifs is 1. The van der Waals surface area contributed by atoms with Crippen molar-refractivity contribution in [1.82, 2.24) is 9.61 Å². The summed E-state index contributed by atoms with van der Waals surface area (Å²) in [6.45, 7) is 4.71. The first-order valence-electron chi connectivity index (χ1n) is 11.4. The second kappa shape index (κ2) is 8.83. The first-order valence-corrected chi connectivity index (χ1v) is 11.7. The highest BCUT2D eigenvalue weighted by Crippen LogP contribution is 2.42. The number of pyridine rings is 1. The lowest BCUT2D eigenvalue weighted by molar-refractivity contribution is 0.115. The molecule has 3 aromatic rings. The van der Waals surface area contributed by atoms with E-state index in [2.05, 4.69) is 11.0 Å². The van der Waals surface area contributed by atoms with Crippen LogP contribution >= 0.6 is 11.6 Å². The van der Waals surface area contributed by atoms with E-state index < -0.39 is 0 Å². The number of nitrogens with zero attached hydrogens (tertiary/aromatic N) is 3. The first-order chi connectivity index (χ1) is 15.6. The van der Waals surface area contributed by atoms with E-state index in [0.717, 1.165) is 72.2 Å². The molecule has 2 aliphatic rings. The summed E-state index contributed by atoms with van der Waals surface area (Å²) in [5.74, 6) is 2.08. The second-order valence-corrected chi connectivity index (χ2v) is 9.28. The summed E-state index contributed by atoms with van der Waals surface area (Å²) in [4.78, 5) is 2.42. The molecule has 0 spiro atoms. The van der Waals surface area contributed by atoms with E-state index in [-0.39, 0.29) is 6.10 Å². The van der Waals surface area contributed by atoms with Gasteiger partial charge < -0.3 is 19.1 Å². The van der Waals surface area contributed by atoms with Crippen molar-refractivity contribution in [1.29, 1.82) is 0 Å². The monoisotopic (exact) mass is 455 g/mol. The average molecular weight is 456 g/mol. The Hall–Kier alpha value is -2.44. The standard InChI is InChI=1S/C25H30ClN3O3/c1-16-12-19(26)23(22(13-16)30-2)20-7-4-8-21-24(25(31-3)27-29(20)21)28(14-17-9-10-17)15-18-6-5-11-32-18/h4,7-8,12-13,17-18H,5-6,9-11,14-15H2,1-3H3. The number of rotatable bonds is 8. The Morgan fingerprint density at radius 1 is 1.16 bits per heavy atom. The predicted molar refractivity (Wildman–Crippen MR) is 127 cm³/mol. The number of halogens is 1. The highest BCUT2D eigenvalue weighted by molar-refractivity contribution is 6.33. The molecule has 3 heterocycles. The third-order valence-corrected chi connectivity index (χ3v) is 6.71. The summed E-state index contributed by atoms with van der Waals surface area (Å²) in [5.41, 5.74) is 4.77. The highest BCUT2D eigenvalue weighted by atomic mass is 35.5. The average Bonchev–Trinajstić information content (AvgIpc) is 3.29. The Morgan fingerprint density at radius 2 is 2.00 bits per heavy atom. The van der Waals surface area contributed by atoms with Gasteiger partial charge in [-0.25, -0.2) is 4.52 Å². The molecule has 1 aliphatic carbocycles. The molecule has 0 N–H and O–H groups in total. The highest BCUT2D eigenvalue weighted by Gasteiger charge is 2.31. The molecule has 0 radical (unpaired) electrons. The predicted octanol–water partition coefficient (Wildman–Crippen LogP) is 5.38. The van der Waals surface area contributed by atoms with Crippen LogP contribution in [-0.2, 0) is 4.74 Å². The lowest BCUT2D eigenvalue weighted by Crippen LogP contribution is -2.34. The van der Waals surface area contributed by atoms with Crippen LogP contribution in [0.2, 0.25) is 5.02 Å². The van der Waals surface area contributed by atoms with Gasteiger partial charge in [0.05, 0.1) is 42.1 Å². The van der Waals surface area contributed by atoms with Gasteiger partial charge in [-0.2, -0.15) is 0 Å². The van der Waals surface area contributed by atoms with E-state index in [1.54, 1.807) is 14.2 Å². The lowest BCUT2D eigenvalue weighted by atomic mass is 10.1. The van der Waals surface area contributed by atoms with E-state index in [1.165, 1.54) is 12.8 Å². The zero-order chi connectivity index (χ0) is 22.2. The number of hydrogen-bond donors (Lipinski definition) is 0. The number of aryl methyl sites for hydroxylation is 1. The van der Waals surface area contributed by atoms with Gasteiger partial charge in [-0.1, -0.05) is 17.7 Å². The largest absolute Gasteiger partial charge is 0.496 e. The Balaban J connectivity index is 1.65. The first kappa shape index (κ1) is 21.4. The molecular formula is C25H30ClN3O3. The van der Waals surface area contributed by atoms with Gasteiger partial charge in [-0.3, -0.25) is 0 Å². The molecule has 1 unspecified atom stereocenters. The lowest BCUT2D eigenvalue weighted by Gasteiger charge is -2.27. The van der Waals surface area contributed by atoms with Crippen LogP contribution in [0.25, 0.3) is 16.8 Å². The maximum absolute atomic E-state index is 6.70. The molecule has 32 heavy (non-hydrogen) atoms. The molecule has 1 aromatic carbocycles. The quantitative estimate of drug-likeness (QED) is 0.456. The van der Waals surface area contributed by atoms with E-state index in [4.69, 9.17) is 30.9 Å². The Morgan fingerprint density at radius 3 is 2.69 bits per heavy atom. The van der Waals surface area contributed by atoms with Gasteiger partial charge in [-0.15, -0.1) is 5.10 Å². The van der Waals surface area contributed by atoms with Gasteiger partial charge >= 0.3 is 0 Å². The van der Waals surface area contributed by atoms with Gasteiger partial charge in [0.1, 0.15) is 11.4 Å². The van der Waals surface area contributed by atoms with Crippen molar-refractivity contribution in [3.05, 3.63) is 40.9 Å². The molecule has 2 aromatic heterocycles. The molecule has 6 nitrogen and oxygen atoms in total. The van der Waals surface area contributed by atoms with Gasteiger partial charge in [0.2, 0.25) is 0 Å². The van der Waals surface area contributed by atoms with Crippen LogP contribution in [0.4, 0.5) is 5.69 Å². The van der Waals surface area contributed by atoms with Gasteiger partial charge in [0.15, 0.2) is 0 Å². The molecule has 0 amide bonds. The van der Waals surface area contributed by atoms with Crippen molar-refractivity contribution in [2.24, 2.45) is 5.92 Å². The van der Waals surface area contributed by atoms with Crippen LogP contribution in [0.1, 0.15) is 31.2 Å². The summed E-state index contributed by atoms with van der Waals surface area (Å²) in [6.07, 6.45) is 5.05. The number of benzene rings is 1. The molecule has 170 valence electrons. The third kappa shape index (κ3) is 4.02. The fourth-order valence-electron chi connectivity index (χ4n) is 4.68. The topological polar surface area (TPSA) is 48.2 Å². The van der Waals surface area contributed by atoms with Crippen molar-refractivity contribution in [2.45, 2.75) is 38.7 Å². The summed E-state index contributed by atoms with van der Waals surface area (Å²) in [7, 11) is 3.36. The molecule has 0 bridgehead atoms. The van der Waals surface area contributed by atoms with Crippen LogP contribution in [0.3, 0.4) is 0 Å². The minimum absolute atomic E-state index is 0.253. The van der Waals surface area contributed by atoms with Crippen LogP contribution in [0, 0.1) is 12.8 Å². The van der Waals surface area contributed by atoms with Crippen LogP contribution < -0.4 is 14.4 Å². The third-order valence-electron chi connectivity index (χ3n) is 6.41. The molecule has 2 fully saturated rings. The van der Waals surface area contributed by atoms with Gasteiger partial charge in [0.25, 0.3) is 5.88 Å². The summed E-state index contributed by atoms with van der Waals surface area (Å²) >= 11 is 6.70. The zero-order valence-corrected chi connectivity index (χ0v) is 19.7. The number of aromatic nitrogens is 2. The molecular weight excluding hydrogens is 426 g/mol. The SMILES string of the molecule is COc1cc(C)cc(Cl)c1-c1cccc2c(N(CC3CC3)CC3CCCO3)c(OC)nn12. The molecule has 5 rings (SSSR count). The Bertz CT molecular complexity index is 1120. The normalized spacial score (nSPS) is 18.3. The Kier molecular flexibility index (Phi) is 5.91. The zero-order valence-electron chi connectivity index (χ0n) is 18.9. The van der Waals surface area contributed by atoms with Gasteiger partial charge in [0, 0.05) is 19.7 Å². The molecule has 1 saturated carbocycles. The van der Waals surface area contributed by atoms with E-state index in [9.17, 15) is 0 Å². The minimum Gasteiger partial charge on any atom is -0.496 e. The van der Waals surface area contributed by atoms with Crippen LogP contribution in [-0.4, -0.2) is 49.6 Å². The van der Waals surface area contributed by atoms with Crippen molar-refractivity contribution >= 4 is 22.8 Å². The number of anilines is 1. The van der Waals surface area contributed by atoms with Gasteiger partial charge in [-0.05, 0) is 68.4 Å². The maximum Gasteiger partial charge on any atom is 0.257 e. The second-order valence-electron chi connectivity index (χ2n) is 8.87. The van der Waals surface area contributed by atoms with E-state index >= 15 is 0 Å². The van der Waals surface area contributed by atoms with E-state index in [0.29, 0.717) is 10.9 Å². The fourth-order valence-corrected chi connectivity index (χ4v) is 5.05. The summed E-state index contributed by atoms with van der Waals surface area (Å²) < 4.78 is 19.4. The maximum atomic E-state index is 6.70. The molecule has 7 heteroatoms. The molecule has 1 atom stereocenters. The van der Waals surface area contributed by atoms with Crippen molar-refractivity contribution in [3.8, 4) is 22.9 Å². The number of hydrogen-bond acceptors (Lipinski definition) is 5. The minimum atomic E-state index is 0.253. The smallest absolute Gasteiger partial charge is 0.257 e. The van der Waals surface area contributed by atoms with E-state index in [1.807, 2.05) is 35.7 Å². The molecule has 1 saturated heterocycles. The number of ether oxygens (including phenoxy) is 3. The Labute approximate surface area is 194 Å². The van der Waals surface area contributed by atoms with Crippen LogP contribution in [0.15, 0.2) is 30.3 Å². The summed E-state index contributed by atoms with van der Waals surface area (Å²) in [6, 6.07) is 10.1. The van der Waals surface area contributed by atoms with Crippen molar-refractivity contribution in [3.63, 3.8) is 0 Å².